The normalized spacial score (nSPS) is 11.7. The zero-order valence-corrected chi connectivity index (χ0v) is 18.0. The minimum Gasteiger partial charge on any atom is -0.495 e. The van der Waals surface area contributed by atoms with E-state index in [2.05, 4.69) is 21.7 Å². The lowest BCUT2D eigenvalue weighted by Crippen LogP contribution is -2.37. The third kappa shape index (κ3) is 4.49. The minimum absolute atomic E-state index is 0.113. The Morgan fingerprint density at radius 1 is 0.969 bits per heavy atom. The maximum atomic E-state index is 12.6. The fourth-order valence-electron chi connectivity index (χ4n) is 3.85. The number of benzene rings is 3. The first-order chi connectivity index (χ1) is 15.6. The lowest BCUT2D eigenvalue weighted by molar-refractivity contribution is -0.136. The molecule has 1 heterocycles. The van der Waals surface area contributed by atoms with Crippen LogP contribution in [0.15, 0.2) is 79.0 Å². The average molecular weight is 428 g/mol. The van der Waals surface area contributed by atoms with Gasteiger partial charge in [-0.2, -0.15) is 0 Å². The standard InChI is InChI=1S/C26H25N3O3/c1-17-12-13-24(32-2)23(14-17)29-26(31)25(30)28-15-20(18-8-4-3-5-9-18)21-16-27-22-11-7-6-10-19(21)22/h3-14,16,20,27H,15H2,1-2H3,(H,28,30)(H,29,31)/t20-/m0/s1. The highest BCUT2D eigenvalue weighted by Crippen LogP contribution is 2.30. The molecular formula is C26H25N3O3. The minimum atomic E-state index is -0.736. The molecule has 0 fully saturated rings. The Balaban J connectivity index is 1.53. The molecule has 0 spiro atoms. The van der Waals surface area contributed by atoms with E-state index >= 15 is 0 Å². The number of H-pyrrole nitrogens is 1. The molecule has 0 aliphatic carbocycles. The average Bonchev–Trinajstić information content (AvgIpc) is 3.24. The number of para-hydroxylation sites is 1. The van der Waals surface area contributed by atoms with E-state index in [1.165, 1.54) is 7.11 Å². The number of methoxy groups -OCH3 is 1. The van der Waals surface area contributed by atoms with Gasteiger partial charge in [-0.3, -0.25) is 9.59 Å². The summed E-state index contributed by atoms with van der Waals surface area (Å²) in [4.78, 5) is 28.5. The van der Waals surface area contributed by atoms with Crippen LogP contribution in [0.3, 0.4) is 0 Å². The first kappa shape index (κ1) is 21.2. The lowest BCUT2D eigenvalue weighted by atomic mass is 9.91. The smallest absolute Gasteiger partial charge is 0.313 e. The van der Waals surface area contributed by atoms with E-state index in [0.717, 1.165) is 27.6 Å². The van der Waals surface area contributed by atoms with Crippen molar-refractivity contribution in [1.82, 2.24) is 10.3 Å². The molecular weight excluding hydrogens is 402 g/mol. The number of aromatic nitrogens is 1. The molecule has 32 heavy (non-hydrogen) atoms. The summed E-state index contributed by atoms with van der Waals surface area (Å²) in [5.41, 5.74) is 4.55. The second-order valence-corrected chi connectivity index (χ2v) is 7.62. The van der Waals surface area contributed by atoms with Crippen LogP contribution < -0.4 is 15.4 Å². The summed E-state index contributed by atoms with van der Waals surface area (Å²) in [6.45, 7) is 2.18. The molecule has 4 aromatic rings. The van der Waals surface area contributed by atoms with Crippen molar-refractivity contribution in [1.29, 1.82) is 0 Å². The molecule has 3 N–H and O–H groups in total. The van der Waals surface area contributed by atoms with Gasteiger partial charge in [0.1, 0.15) is 5.75 Å². The van der Waals surface area contributed by atoms with Gasteiger partial charge in [0.15, 0.2) is 0 Å². The second-order valence-electron chi connectivity index (χ2n) is 7.62. The summed E-state index contributed by atoms with van der Waals surface area (Å²) in [6.07, 6.45) is 1.96. The number of ether oxygens (including phenoxy) is 1. The van der Waals surface area contributed by atoms with Crippen molar-refractivity contribution in [2.45, 2.75) is 12.8 Å². The van der Waals surface area contributed by atoms with Gasteiger partial charge in [-0.1, -0.05) is 54.6 Å². The number of nitrogens with one attached hydrogen (secondary N) is 3. The second kappa shape index (κ2) is 9.39. The highest BCUT2D eigenvalue weighted by atomic mass is 16.5. The maximum absolute atomic E-state index is 12.6. The van der Waals surface area contributed by atoms with Crippen LogP contribution in [0, 0.1) is 6.92 Å². The molecule has 0 unspecified atom stereocenters. The molecule has 0 radical (unpaired) electrons. The largest absolute Gasteiger partial charge is 0.495 e. The van der Waals surface area contributed by atoms with Crippen LogP contribution in [-0.4, -0.2) is 30.5 Å². The molecule has 0 aliphatic rings. The fraction of sp³-hybridized carbons (Fsp3) is 0.154. The van der Waals surface area contributed by atoms with Gasteiger partial charge in [0.2, 0.25) is 0 Å². The van der Waals surface area contributed by atoms with Crippen LogP contribution in [-0.2, 0) is 9.59 Å². The SMILES string of the molecule is COc1ccc(C)cc1NC(=O)C(=O)NC[C@@H](c1ccccc1)c1c[nH]c2ccccc12. The van der Waals surface area contributed by atoms with Crippen LogP contribution in [0.25, 0.3) is 10.9 Å². The van der Waals surface area contributed by atoms with Crippen LogP contribution in [0.2, 0.25) is 0 Å². The van der Waals surface area contributed by atoms with Crippen molar-refractivity contribution in [3.05, 3.63) is 95.7 Å². The highest BCUT2D eigenvalue weighted by molar-refractivity contribution is 6.39. The van der Waals surface area contributed by atoms with E-state index in [9.17, 15) is 9.59 Å². The van der Waals surface area contributed by atoms with E-state index in [4.69, 9.17) is 4.74 Å². The summed E-state index contributed by atoms with van der Waals surface area (Å²) in [7, 11) is 1.52. The molecule has 6 nitrogen and oxygen atoms in total. The Labute approximate surface area is 186 Å². The molecule has 0 aliphatic heterocycles. The highest BCUT2D eigenvalue weighted by Gasteiger charge is 2.22. The third-order valence-corrected chi connectivity index (χ3v) is 5.47. The van der Waals surface area contributed by atoms with Crippen molar-refractivity contribution in [3.63, 3.8) is 0 Å². The number of anilines is 1. The summed E-state index contributed by atoms with van der Waals surface area (Å²) >= 11 is 0. The number of hydrogen-bond donors (Lipinski definition) is 3. The maximum Gasteiger partial charge on any atom is 0.313 e. The number of fused-ring (bicyclic) bond motifs is 1. The Bertz CT molecular complexity index is 1250. The van der Waals surface area contributed by atoms with E-state index < -0.39 is 11.8 Å². The molecule has 1 atom stereocenters. The fourth-order valence-corrected chi connectivity index (χ4v) is 3.85. The first-order valence-corrected chi connectivity index (χ1v) is 10.4. The van der Waals surface area contributed by atoms with Gasteiger partial charge < -0.3 is 20.4 Å². The van der Waals surface area contributed by atoms with Crippen LogP contribution in [0.5, 0.6) is 5.75 Å². The zero-order chi connectivity index (χ0) is 22.5. The number of carbonyl (C=O) groups is 2. The summed E-state index contributed by atoms with van der Waals surface area (Å²) in [5.74, 6) is -1.05. The van der Waals surface area contributed by atoms with Gasteiger partial charge in [0.25, 0.3) is 0 Å². The Morgan fingerprint density at radius 2 is 1.72 bits per heavy atom. The number of aryl methyl sites for hydroxylation is 1. The van der Waals surface area contributed by atoms with Crippen molar-refractivity contribution in [2.24, 2.45) is 0 Å². The molecule has 1 aromatic heterocycles. The summed E-state index contributed by atoms with van der Waals surface area (Å²) < 4.78 is 5.28. The van der Waals surface area contributed by atoms with E-state index in [-0.39, 0.29) is 12.5 Å². The summed E-state index contributed by atoms with van der Waals surface area (Å²) in [5, 5.41) is 6.54. The quantitative estimate of drug-likeness (QED) is 0.400. The van der Waals surface area contributed by atoms with E-state index in [1.807, 2.05) is 67.7 Å². The van der Waals surface area contributed by atoms with Crippen LogP contribution >= 0.6 is 0 Å². The monoisotopic (exact) mass is 427 g/mol. The molecule has 4 rings (SSSR count). The molecule has 6 heteroatoms. The van der Waals surface area contributed by atoms with Gasteiger partial charge in [-0.25, -0.2) is 0 Å². The molecule has 0 saturated carbocycles. The third-order valence-electron chi connectivity index (χ3n) is 5.47. The molecule has 0 bridgehead atoms. The topological polar surface area (TPSA) is 83.2 Å². The van der Waals surface area contributed by atoms with Crippen molar-refractivity contribution in [3.8, 4) is 5.75 Å². The number of amides is 2. The van der Waals surface area contributed by atoms with Gasteiger partial charge in [0.05, 0.1) is 12.8 Å². The predicted molar refractivity (Wildman–Crippen MR) is 126 cm³/mol. The lowest BCUT2D eigenvalue weighted by Gasteiger charge is -2.18. The number of carbonyl (C=O) groups excluding carboxylic acids is 2. The number of rotatable bonds is 6. The van der Waals surface area contributed by atoms with Crippen molar-refractivity contribution < 1.29 is 14.3 Å². The predicted octanol–water partition coefficient (Wildman–Crippen LogP) is 4.37. The zero-order valence-electron chi connectivity index (χ0n) is 18.0. The molecule has 162 valence electrons. The van der Waals surface area contributed by atoms with Gasteiger partial charge in [-0.05, 0) is 41.8 Å². The molecule has 3 aromatic carbocycles. The van der Waals surface area contributed by atoms with E-state index in [1.54, 1.807) is 12.1 Å². The van der Waals surface area contributed by atoms with Gasteiger partial charge in [-0.15, -0.1) is 0 Å². The number of hydrogen-bond acceptors (Lipinski definition) is 3. The van der Waals surface area contributed by atoms with Crippen molar-refractivity contribution in [2.75, 3.05) is 19.0 Å². The van der Waals surface area contributed by atoms with Crippen LogP contribution in [0.4, 0.5) is 5.69 Å². The first-order valence-electron chi connectivity index (χ1n) is 10.4. The van der Waals surface area contributed by atoms with Crippen molar-refractivity contribution >= 4 is 28.4 Å². The van der Waals surface area contributed by atoms with Gasteiger partial charge >= 0.3 is 11.8 Å². The molecule has 2 amide bonds. The van der Waals surface area contributed by atoms with E-state index in [0.29, 0.717) is 11.4 Å². The molecule has 0 saturated heterocycles. The Hall–Kier alpha value is -4.06. The van der Waals surface area contributed by atoms with Crippen LogP contribution in [0.1, 0.15) is 22.6 Å². The summed E-state index contributed by atoms with van der Waals surface area (Å²) in [6, 6.07) is 23.4. The Morgan fingerprint density at radius 3 is 2.50 bits per heavy atom. The van der Waals surface area contributed by atoms with Gasteiger partial charge in [0, 0.05) is 29.6 Å². The number of aromatic amines is 1. The Kier molecular flexibility index (Phi) is 6.22.